The molecule has 0 aromatic heterocycles. The van der Waals surface area contributed by atoms with E-state index in [1.54, 1.807) is 17.0 Å². The number of nitrogen functional groups attached to an aromatic ring is 1. The summed E-state index contributed by atoms with van der Waals surface area (Å²) in [7, 11) is 0. The summed E-state index contributed by atoms with van der Waals surface area (Å²) >= 11 is 0. The molecule has 152 valence electrons. The van der Waals surface area contributed by atoms with E-state index in [2.05, 4.69) is 11.8 Å². The van der Waals surface area contributed by atoms with Crippen LogP contribution in [0.25, 0.3) is 0 Å². The fraction of sp³-hybridized carbons (Fsp3) is 0.409. The lowest BCUT2D eigenvalue weighted by Gasteiger charge is -2.33. The third kappa shape index (κ3) is 3.64. The van der Waals surface area contributed by atoms with Crippen LogP contribution >= 0.6 is 0 Å². The highest BCUT2D eigenvalue weighted by atomic mass is 16.6. The second-order valence-electron chi connectivity index (χ2n) is 8.06. The molecule has 1 unspecified atom stereocenters. The van der Waals surface area contributed by atoms with Gasteiger partial charge in [0.1, 0.15) is 5.69 Å². The molecule has 1 atom stereocenters. The van der Waals surface area contributed by atoms with Crippen LogP contribution in [0.1, 0.15) is 42.1 Å². The van der Waals surface area contributed by atoms with Gasteiger partial charge in [-0.1, -0.05) is 13.0 Å². The molecule has 2 aromatic carbocycles. The zero-order valence-electron chi connectivity index (χ0n) is 16.6. The van der Waals surface area contributed by atoms with Crippen molar-refractivity contribution in [3.8, 4) is 0 Å². The predicted molar refractivity (Wildman–Crippen MR) is 115 cm³/mol. The molecule has 2 N–H and O–H groups in total. The topological polar surface area (TPSA) is 92.7 Å². The van der Waals surface area contributed by atoms with E-state index in [4.69, 9.17) is 5.73 Å². The summed E-state index contributed by atoms with van der Waals surface area (Å²) < 4.78 is 0. The smallest absolute Gasteiger partial charge is 0.293 e. The number of nitrogens with two attached hydrogens (primary N) is 1. The molecule has 7 nitrogen and oxygen atoms in total. The first-order valence-corrected chi connectivity index (χ1v) is 10.2. The summed E-state index contributed by atoms with van der Waals surface area (Å²) in [5, 5.41) is 11.8. The van der Waals surface area contributed by atoms with E-state index in [-0.39, 0.29) is 16.5 Å². The molecule has 2 aliphatic heterocycles. The number of nitrogens with zero attached hydrogens (tertiary/aromatic N) is 3. The van der Waals surface area contributed by atoms with Gasteiger partial charge in [0, 0.05) is 42.6 Å². The highest BCUT2D eigenvalue weighted by Gasteiger charge is 2.28. The summed E-state index contributed by atoms with van der Waals surface area (Å²) in [6, 6.07) is 10.4. The molecule has 2 aromatic rings. The molecule has 2 aliphatic rings. The van der Waals surface area contributed by atoms with Crippen molar-refractivity contribution < 1.29 is 9.72 Å². The number of rotatable bonds is 3. The van der Waals surface area contributed by atoms with Gasteiger partial charge >= 0.3 is 0 Å². The Hall–Kier alpha value is -3.09. The van der Waals surface area contributed by atoms with Crippen LogP contribution in [-0.4, -0.2) is 30.5 Å². The Morgan fingerprint density at radius 3 is 2.76 bits per heavy atom. The molecule has 0 saturated carbocycles. The highest BCUT2D eigenvalue weighted by Crippen LogP contribution is 2.35. The number of hydrogen-bond acceptors (Lipinski definition) is 5. The second-order valence-corrected chi connectivity index (χ2v) is 8.06. The first kappa shape index (κ1) is 19.2. The van der Waals surface area contributed by atoms with Crippen molar-refractivity contribution in [1.29, 1.82) is 0 Å². The zero-order chi connectivity index (χ0) is 20.5. The Morgan fingerprint density at radius 1 is 1.17 bits per heavy atom. The third-order valence-electron chi connectivity index (χ3n) is 5.95. The van der Waals surface area contributed by atoms with Crippen molar-refractivity contribution in [2.75, 3.05) is 35.2 Å². The number of carbonyl (C=O) groups excluding carboxylic acids is 1. The van der Waals surface area contributed by atoms with Gasteiger partial charge in [0.15, 0.2) is 0 Å². The van der Waals surface area contributed by atoms with E-state index >= 15 is 0 Å². The van der Waals surface area contributed by atoms with Gasteiger partial charge in [-0.05, 0) is 61.4 Å². The summed E-state index contributed by atoms with van der Waals surface area (Å²) in [5.74, 6) is 0.276. The van der Waals surface area contributed by atoms with Gasteiger partial charge in [0.05, 0.1) is 4.92 Å². The molecule has 0 radical (unpaired) electrons. The van der Waals surface area contributed by atoms with Crippen molar-refractivity contribution in [1.82, 2.24) is 0 Å². The van der Waals surface area contributed by atoms with Crippen molar-refractivity contribution in [3.05, 3.63) is 57.6 Å². The number of carbonyl (C=O) groups is 1. The van der Waals surface area contributed by atoms with Crippen LogP contribution in [0, 0.1) is 16.0 Å². The van der Waals surface area contributed by atoms with E-state index in [0.29, 0.717) is 29.4 Å². The van der Waals surface area contributed by atoms with Crippen molar-refractivity contribution in [2.45, 2.75) is 32.6 Å². The van der Waals surface area contributed by atoms with Crippen LogP contribution in [0.3, 0.4) is 0 Å². The molecule has 1 amide bonds. The van der Waals surface area contributed by atoms with Gasteiger partial charge in [0.2, 0.25) is 0 Å². The summed E-state index contributed by atoms with van der Waals surface area (Å²) in [4.78, 5) is 28.4. The van der Waals surface area contributed by atoms with Gasteiger partial charge in [-0.25, -0.2) is 0 Å². The lowest BCUT2D eigenvalue weighted by atomic mass is 9.98. The molecular weight excluding hydrogens is 368 g/mol. The first-order chi connectivity index (χ1) is 14.0. The maximum atomic E-state index is 13.2. The monoisotopic (exact) mass is 394 g/mol. The highest BCUT2D eigenvalue weighted by molar-refractivity contribution is 6.07. The van der Waals surface area contributed by atoms with Gasteiger partial charge in [-0.15, -0.1) is 0 Å². The van der Waals surface area contributed by atoms with Crippen LogP contribution in [0.5, 0.6) is 0 Å². The normalized spacial score (nSPS) is 19.0. The number of piperidine rings is 1. The minimum atomic E-state index is -0.381. The van der Waals surface area contributed by atoms with Gasteiger partial charge in [-0.3, -0.25) is 14.9 Å². The molecule has 29 heavy (non-hydrogen) atoms. The van der Waals surface area contributed by atoms with E-state index in [0.717, 1.165) is 50.0 Å². The minimum absolute atomic E-state index is 0.00485. The van der Waals surface area contributed by atoms with Crippen molar-refractivity contribution in [3.63, 3.8) is 0 Å². The number of hydrogen-bond donors (Lipinski definition) is 1. The molecule has 1 fully saturated rings. The summed E-state index contributed by atoms with van der Waals surface area (Å²) in [6.07, 6.45) is 3.81. The lowest BCUT2D eigenvalue weighted by molar-refractivity contribution is -0.384. The fourth-order valence-electron chi connectivity index (χ4n) is 4.50. The van der Waals surface area contributed by atoms with Crippen LogP contribution in [0.4, 0.5) is 22.7 Å². The fourth-order valence-corrected chi connectivity index (χ4v) is 4.50. The van der Waals surface area contributed by atoms with Gasteiger partial charge in [0.25, 0.3) is 11.6 Å². The Bertz CT molecular complexity index is 959. The molecule has 0 aliphatic carbocycles. The quantitative estimate of drug-likeness (QED) is 0.482. The molecule has 0 bridgehead atoms. The van der Waals surface area contributed by atoms with Crippen LogP contribution in [0.15, 0.2) is 36.4 Å². The van der Waals surface area contributed by atoms with E-state index < -0.39 is 0 Å². The average Bonchev–Trinajstić information content (AvgIpc) is 2.73. The maximum absolute atomic E-state index is 13.2. The molecular formula is C22H26N4O3. The largest absolute Gasteiger partial charge is 0.398 e. The van der Waals surface area contributed by atoms with Crippen LogP contribution in [-0.2, 0) is 6.42 Å². The molecule has 2 heterocycles. The van der Waals surface area contributed by atoms with Gasteiger partial charge in [-0.2, -0.15) is 0 Å². The van der Waals surface area contributed by atoms with Gasteiger partial charge < -0.3 is 15.5 Å². The molecule has 4 rings (SSSR count). The molecule has 1 saturated heterocycles. The number of fused-ring (bicyclic) bond motifs is 1. The summed E-state index contributed by atoms with van der Waals surface area (Å²) in [5.41, 5.74) is 9.47. The second kappa shape index (κ2) is 7.73. The standard InChI is InChI=1S/C22H26N4O3/c1-15-5-3-11-24(14-15)20-10-9-16(13-21(20)26(28)29)22(27)25-12-4-6-17-18(23)7-2-8-19(17)25/h2,7-10,13,15H,3-6,11-12,14,23H2,1H3. The average molecular weight is 394 g/mol. The number of nitro benzene ring substituents is 1. The van der Waals surface area contributed by atoms with Crippen LogP contribution < -0.4 is 15.5 Å². The first-order valence-electron chi connectivity index (χ1n) is 10.2. The van der Waals surface area contributed by atoms with E-state index in [9.17, 15) is 14.9 Å². The SMILES string of the molecule is CC1CCCN(c2ccc(C(=O)N3CCCc4c(N)cccc43)cc2[N+](=O)[O-])C1. The Labute approximate surface area is 170 Å². The Morgan fingerprint density at radius 2 is 2.00 bits per heavy atom. The number of amides is 1. The number of benzene rings is 2. The number of anilines is 3. The molecule has 7 heteroatoms. The van der Waals surface area contributed by atoms with Crippen molar-refractivity contribution >= 4 is 28.7 Å². The Balaban J connectivity index is 1.68. The lowest BCUT2D eigenvalue weighted by Crippen LogP contribution is -2.36. The van der Waals surface area contributed by atoms with Crippen molar-refractivity contribution in [2.24, 2.45) is 5.92 Å². The minimum Gasteiger partial charge on any atom is -0.398 e. The molecule has 0 spiro atoms. The predicted octanol–water partition coefficient (Wildman–Crippen LogP) is 4.01. The van der Waals surface area contributed by atoms with Crippen LogP contribution in [0.2, 0.25) is 0 Å². The maximum Gasteiger partial charge on any atom is 0.293 e. The van der Waals surface area contributed by atoms with E-state index in [1.165, 1.54) is 6.07 Å². The Kier molecular flexibility index (Phi) is 5.13. The summed E-state index contributed by atoms with van der Waals surface area (Å²) in [6.45, 7) is 4.34. The zero-order valence-corrected chi connectivity index (χ0v) is 16.6. The number of nitro groups is 1. The van der Waals surface area contributed by atoms with E-state index in [1.807, 2.05) is 18.2 Å². The third-order valence-corrected chi connectivity index (χ3v) is 5.95.